The van der Waals surface area contributed by atoms with E-state index in [0.29, 0.717) is 13.0 Å². The molecule has 1 aromatic heterocycles. The Morgan fingerprint density at radius 3 is 2.58 bits per heavy atom. The number of nitrogens with one attached hydrogen (secondary N) is 1. The summed E-state index contributed by atoms with van der Waals surface area (Å²) in [5.41, 5.74) is 1.84. The zero-order valence-corrected chi connectivity index (χ0v) is 10.5. The number of nitrogens with zero attached hydrogens (tertiary/aromatic N) is 1. The first-order valence-corrected chi connectivity index (χ1v) is 6.14. The molecular weight excluding hydrogens is 240 g/mol. The van der Waals surface area contributed by atoms with Crippen LogP contribution in [0.1, 0.15) is 11.1 Å². The molecule has 19 heavy (non-hydrogen) atoms. The quantitative estimate of drug-likeness (QED) is 0.847. The summed E-state index contributed by atoms with van der Waals surface area (Å²) >= 11 is 0. The molecule has 0 unspecified atom stereocenters. The van der Waals surface area contributed by atoms with Crippen molar-refractivity contribution in [3.8, 4) is 0 Å². The van der Waals surface area contributed by atoms with Gasteiger partial charge >= 0.3 is 0 Å². The SMILES string of the molecule is O=C(NCc1cccnc1)[C@H](O)Cc1ccccc1. The van der Waals surface area contributed by atoms with Gasteiger partial charge in [-0.2, -0.15) is 0 Å². The third kappa shape index (κ3) is 4.19. The smallest absolute Gasteiger partial charge is 0.249 e. The molecule has 0 radical (unpaired) electrons. The van der Waals surface area contributed by atoms with Gasteiger partial charge in [-0.3, -0.25) is 9.78 Å². The molecule has 0 bridgehead atoms. The summed E-state index contributed by atoms with van der Waals surface area (Å²) in [6.45, 7) is 0.374. The molecule has 0 saturated heterocycles. The monoisotopic (exact) mass is 256 g/mol. The molecule has 1 aromatic carbocycles. The van der Waals surface area contributed by atoms with Gasteiger partial charge in [-0.25, -0.2) is 0 Å². The van der Waals surface area contributed by atoms with Crippen molar-refractivity contribution in [2.45, 2.75) is 19.1 Å². The largest absolute Gasteiger partial charge is 0.383 e. The third-order valence-corrected chi connectivity index (χ3v) is 2.76. The lowest BCUT2D eigenvalue weighted by atomic mass is 10.1. The second kappa shape index (κ2) is 6.66. The zero-order valence-electron chi connectivity index (χ0n) is 10.5. The number of amides is 1. The van der Waals surface area contributed by atoms with E-state index in [0.717, 1.165) is 11.1 Å². The normalized spacial score (nSPS) is 11.8. The Balaban J connectivity index is 1.83. The molecule has 0 aliphatic heterocycles. The molecule has 98 valence electrons. The Bertz CT molecular complexity index is 514. The van der Waals surface area contributed by atoms with Crippen LogP contribution in [0.25, 0.3) is 0 Å². The van der Waals surface area contributed by atoms with Gasteiger partial charge in [0.1, 0.15) is 6.10 Å². The maximum atomic E-state index is 11.7. The average molecular weight is 256 g/mol. The highest BCUT2D eigenvalue weighted by molar-refractivity contribution is 5.80. The third-order valence-electron chi connectivity index (χ3n) is 2.76. The summed E-state index contributed by atoms with van der Waals surface area (Å²) in [7, 11) is 0. The second-order valence-electron chi connectivity index (χ2n) is 4.28. The van der Waals surface area contributed by atoms with E-state index in [1.54, 1.807) is 12.4 Å². The first-order valence-electron chi connectivity index (χ1n) is 6.14. The molecule has 1 amide bonds. The topological polar surface area (TPSA) is 62.2 Å². The highest BCUT2D eigenvalue weighted by Crippen LogP contribution is 2.03. The van der Waals surface area contributed by atoms with Crippen LogP contribution in [0.15, 0.2) is 54.9 Å². The number of hydrogen-bond donors (Lipinski definition) is 2. The minimum Gasteiger partial charge on any atom is -0.383 e. The summed E-state index contributed by atoms with van der Waals surface area (Å²) in [6, 6.07) is 13.1. The van der Waals surface area contributed by atoms with Crippen molar-refractivity contribution < 1.29 is 9.90 Å². The molecule has 0 fully saturated rings. The van der Waals surface area contributed by atoms with E-state index >= 15 is 0 Å². The van der Waals surface area contributed by atoms with Gasteiger partial charge in [0.25, 0.3) is 0 Å². The first-order chi connectivity index (χ1) is 9.25. The van der Waals surface area contributed by atoms with Crippen molar-refractivity contribution >= 4 is 5.91 Å². The van der Waals surface area contributed by atoms with Crippen molar-refractivity contribution in [1.29, 1.82) is 0 Å². The molecular formula is C15H16N2O2. The number of aromatic nitrogens is 1. The Morgan fingerprint density at radius 2 is 1.89 bits per heavy atom. The average Bonchev–Trinajstić information content (AvgIpc) is 2.47. The number of benzene rings is 1. The van der Waals surface area contributed by atoms with Gasteiger partial charge in [0.15, 0.2) is 0 Å². The fraction of sp³-hybridized carbons (Fsp3) is 0.200. The lowest BCUT2D eigenvalue weighted by Crippen LogP contribution is -2.35. The lowest BCUT2D eigenvalue weighted by molar-refractivity contribution is -0.129. The summed E-state index contributed by atoms with van der Waals surface area (Å²) in [4.78, 5) is 15.7. The Labute approximate surface area is 112 Å². The summed E-state index contributed by atoms with van der Waals surface area (Å²) < 4.78 is 0. The number of hydrogen-bond acceptors (Lipinski definition) is 3. The second-order valence-corrected chi connectivity index (χ2v) is 4.28. The van der Waals surface area contributed by atoms with Crippen LogP contribution in [0.4, 0.5) is 0 Å². The molecule has 1 atom stereocenters. The van der Waals surface area contributed by atoms with E-state index < -0.39 is 6.10 Å². The first kappa shape index (κ1) is 13.2. The van der Waals surface area contributed by atoms with Gasteiger partial charge < -0.3 is 10.4 Å². The maximum Gasteiger partial charge on any atom is 0.249 e. The Hall–Kier alpha value is -2.20. The van der Waals surface area contributed by atoms with Crippen LogP contribution < -0.4 is 5.32 Å². The Morgan fingerprint density at radius 1 is 1.16 bits per heavy atom. The predicted octanol–water partition coefficient (Wildman–Crippen LogP) is 1.30. The molecule has 4 heteroatoms. The number of carbonyl (C=O) groups excluding carboxylic acids is 1. The molecule has 2 rings (SSSR count). The fourth-order valence-electron chi connectivity index (χ4n) is 1.74. The van der Waals surface area contributed by atoms with Gasteiger partial charge in [-0.15, -0.1) is 0 Å². The van der Waals surface area contributed by atoms with Crippen LogP contribution >= 0.6 is 0 Å². The summed E-state index contributed by atoms with van der Waals surface area (Å²) in [5, 5.41) is 12.5. The number of aliphatic hydroxyl groups is 1. The molecule has 2 aromatic rings. The van der Waals surface area contributed by atoms with Gasteiger partial charge in [-0.1, -0.05) is 36.4 Å². The molecule has 4 nitrogen and oxygen atoms in total. The predicted molar refractivity (Wildman–Crippen MR) is 72.2 cm³/mol. The van der Waals surface area contributed by atoms with Crippen LogP contribution in [0.5, 0.6) is 0 Å². The molecule has 0 aliphatic rings. The van der Waals surface area contributed by atoms with Crippen molar-refractivity contribution in [2.75, 3.05) is 0 Å². The molecule has 2 N–H and O–H groups in total. The number of pyridine rings is 1. The van der Waals surface area contributed by atoms with Gasteiger partial charge in [-0.05, 0) is 17.2 Å². The highest BCUT2D eigenvalue weighted by Gasteiger charge is 2.14. The lowest BCUT2D eigenvalue weighted by Gasteiger charge is -2.11. The van der Waals surface area contributed by atoms with E-state index in [1.165, 1.54) is 0 Å². The number of carbonyl (C=O) groups is 1. The molecule has 0 saturated carbocycles. The van der Waals surface area contributed by atoms with Crippen molar-refractivity contribution in [2.24, 2.45) is 0 Å². The summed E-state index contributed by atoms with van der Waals surface area (Å²) in [6.07, 6.45) is 2.65. The van der Waals surface area contributed by atoms with E-state index in [4.69, 9.17) is 0 Å². The van der Waals surface area contributed by atoms with E-state index in [-0.39, 0.29) is 5.91 Å². The van der Waals surface area contributed by atoms with Crippen molar-refractivity contribution in [3.05, 3.63) is 66.0 Å². The summed E-state index contributed by atoms with van der Waals surface area (Å²) in [5.74, 6) is -0.368. The van der Waals surface area contributed by atoms with Gasteiger partial charge in [0.05, 0.1) is 0 Å². The zero-order chi connectivity index (χ0) is 13.5. The van der Waals surface area contributed by atoms with Crippen LogP contribution in [-0.4, -0.2) is 22.1 Å². The van der Waals surface area contributed by atoms with Gasteiger partial charge in [0.2, 0.25) is 5.91 Å². The maximum absolute atomic E-state index is 11.7. The molecule has 0 spiro atoms. The van der Waals surface area contributed by atoms with Gasteiger partial charge in [0, 0.05) is 25.4 Å². The van der Waals surface area contributed by atoms with Crippen LogP contribution in [0, 0.1) is 0 Å². The van der Waals surface area contributed by atoms with Crippen LogP contribution in [-0.2, 0) is 17.8 Å². The number of aliphatic hydroxyl groups excluding tert-OH is 1. The van der Waals surface area contributed by atoms with Crippen molar-refractivity contribution in [3.63, 3.8) is 0 Å². The standard InChI is InChI=1S/C15H16N2O2/c18-14(9-12-5-2-1-3-6-12)15(19)17-11-13-7-4-8-16-10-13/h1-8,10,14,18H,9,11H2,(H,17,19)/t14-/m1/s1. The molecule has 1 heterocycles. The van der Waals surface area contributed by atoms with E-state index in [9.17, 15) is 9.90 Å². The van der Waals surface area contributed by atoms with Crippen LogP contribution in [0.3, 0.4) is 0 Å². The van der Waals surface area contributed by atoms with E-state index in [1.807, 2.05) is 42.5 Å². The highest BCUT2D eigenvalue weighted by atomic mass is 16.3. The fourth-order valence-corrected chi connectivity index (χ4v) is 1.74. The minimum atomic E-state index is -1.03. The minimum absolute atomic E-state index is 0.319. The Kier molecular flexibility index (Phi) is 4.64. The molecule has 0 aliphatic carbocycles. The van der Waals surface area contributed by atoms with Crippen LogP contribution in [0.2, 0.25) is 0 Å². The van der Waals surface area contributed by atoms with Crippen molar-refractivity contribution in [1.82, 2.24) is 10.3 Å². The number of rotatable bonds is 5. The van der Waals surface area contributed by atoms with E-state index in [2.05, 4.69) is 10.3 Å².